The van der Waals surface area contributed by atoms with Crippen LogP contribution in [0.2, 0.25) is 0 Å². The van der Waals surface area contributed by atoms with E-state index in [4.69, 9.17) is 4.74 Å². The van der Waals surface area contributed by atoms with Crippen LogP contribution >= 0.6 is 0 Å². The van der Waals surface area contributed by atoms with E-state index in [-0.39, 0.29) is 0 Å². The van der Waals surface area contributed by atoms with Gasteiger partial charge in [0.25, 0.3) is 0 Å². The summed E-state index contributed by atoms with van der Waals surface area (Å²) in [5, 5.41) is 3.53. The van der Waals surface area contributed by atoms with Gasteiger partial charge in [0, 0.05) is 13.2 Å². The molecule has 14 heavy (non-hydrogen) atoms. The Balaban J connectivity index is 1.60. The van der Waals surface area contributed by atoms with Crippen molar-refractivity contribution in [3.8, 4) is 0 Å². The van der Waals surface area contributed by atoms with Crippen molar-refractivity contribution in [3.05, 3.63) is 0 Å². The number of nitrogens with one attached hydrogen (secondary N) is 1. The van der Waals surface area contributed by atoms with Crippen LogP contribution in [0.5, 0.6) is 0 Å². The molecule has 0 amide bonds. The molecule has 2 heteroatoms. The van der Waals surface area contributed by atoms with Crippen LogP contribution in [-0.2, 0) is 4.74 Å². The Morgan fingerprint density at radius 3 is 2.79 bits per heavy atom. The molecule has 2 fully saturated rings. The standard InChI is InChI=1S/C12H23NO/c1-2-5-13-9-11-8-12(11)10-3-6-14-7-4-10/h10-13H,2-9H2,1H3. The first-order valence-corrected chi connectivity index (χ1v) is 6.20. The maximum atomic E-state index is 5.40. The highest BCUT2D eigenvalue weighted by Crippen LogP contribution is 2.47. The summed E-state index contributed by atoms with van der Waals surface area (Å²) in [4.78, 5) is 0. The minimum absolute atomic E-state index is 0.983. The lowest BCUT2D eigenvalue weighted by molar-refractivity contribution is 0.0581. The van der Waals surface area contributed by atoms with Crippen molar-refractivity contribution in [2.75, 3.05) is 26.3 Å². The highest BCUT2D eigenvalue weighted by atomic mass is 16.5. The van der Waals surface area contributed by atoms with E-state index in [2.05, 4.69) is 12.2 Å². The highest BCUT2D eigenvalue weighted by Gasteiger charge is 2.42. The van der Waals surface area contributed by atoms with Crippen LogP contribution in [0.4, 0.5) is 0 Å². The zero-order chi connectivity index (χ0) is 9.80. The second-order valence-corrected chi connectivity index (χ2v) is 4.81. The molecule has 0 aromatic carbocycles. The average molecular weight is 197 g/mol. The lowest BCUT2D eigenvalue weighted by atomic mass is 9.93. The molecule has 1 aliphatic heterocycles. The van der Waals surface area contributed by atoms with Crippen molar-refractivity contribution >= 4 is 0 Å². The van der Waals surface area contributed by atoms with Crippen molar-refractivity contribution in [1.29, 1.82) is 0 Å². The molecule has 1 heterocycles. The van der Waals surface area contributed by atoms with Crippen LogP contribution in [-0.4, -0.2) is 26.3 Å². The maximum Gasteiger partial charge on any atom is 0.0468 e. The zero-order valence-electron chi connectivity index (χ0n) is 9.30. The van der Waals surface area contributed by atoms with Gasteiger partial charge in [0.2, 0.25) is 0 Å². The first-order valence-electron chi connectivity index (χ1n) is 6.20. The summed E-state index contributed by atoms with van der Waals surface area (Å²) in [6, 6.07) is 0. The molecule has 0 aromatic rings. The minimum atomic E-state index is 0.983. The summed E-state index contributed by atoms with van der Waals surface area (Å²) in [6.07, 6.45) is 5.36. The molecule has 82 valence electrons. The van der Waals surface area contributed by atoms with Gasteiger partial charge in [0.1, 0.15) is 0 Å². The summed E-state index contributed by atoms with van der Waals surface area (Å²) >= 11 is 0. The average Bonchev–Trinajstić information content (AvgIpc) is 2.99. The van der Waals surface area contributed by atoms with Gasteiger partial charge in [-0.05, 0) is 56.5 Å². The molecule has 0 aromatic heterocycles. The molecule has 0 bridgehead atoms. The van der Waals surface area contributed by atoms with Gasteiger partial charge >= 0.3 is 0 Å². The van der Waals surface area contributed by atoms with E-state index in [1.54, 1.807) is 0 Å². The Kier molecular flexibility index (Phi) is 3.82. The number of hydrogen-bond donors (Lipinski definition) is 1. The SMILES string of the molecule is CCCNCC1CC1C1CCOCC1. The Morgan fingerprint density at radius 2 is 2.07 bits per heavy atom. The Hall–Kier alpha value is -0.0800. The van der Waals surface area contributed by atoms with Crippen LogP contribution in [0.1, 0.15) is 32.6 Å². The molecule has 2 unspecified atom stereocenters. The summed E-state index contributed by atoms with van der Waals surface area (Å²) in [6.45, 7) is 6.70. The monoisotopic (exact) mass is 197 g/mol. The van der Waals surface area contributed by atoms with Gasteiger partial charge in [-0.25, -0.2) is 0 Å². The predicted octanol–water partition coefficient (Wildman–Crippen LogP) is 2.05. The first-order chi connectivity index (χ1) is 6.92. The van der Waals surface area contributed by atoms with Gasteiger partial charge in [0.15, 0.2) is 0 Å². The molecular formula is C12H23NO. The predicted molar refractivity (Wildman–Crippen MR) is 58.3 cm³/mol. The molecule has 1 aliphatic carbocycles. The van der Waals surface area contributed by atoms with Gasteiger partial charge in [-0.15, -0.1) is 0 Å². The number of rotatable bonds is 5. The zero-order valence-corrected chi connectivity index (χ0v) is 9.30. The van der Waals surface area contributed by atoms with Gasteiger partial charge in [-0.3, -0.25) is 0 Å². The molecule has 2 atom stereocenters. The molecule has 2 rings (SSSR count). The van der Waals surface area contributed by atoms with E-state index in [1.165, 1.54) is 38.8 Å². The fourth-order valence-electron chi connectivity index (χ4n) is 2.69. The van der Waals surface area contributed by atoms with Crippen LogP contribution in [0.15, 0.2) is 0 Å². The summed E-state index contributed by atoms with van der Waals surface area (Å²) < 4.78 is 5.40. The second-order valence-electron chi connectivity index (χ2n) is 4.81. The molecular weight excluding hydrogens is 174 g/mol. The Bertz CT molecular complexity index is 166. The fraction of sp³-hybridized carbons (Fsp3) is 1.00. The van der Waals surface area contributed by atoms with Gasteiger partial charge in [-0.1, -0.05) is 6.92 Å². The third kappa shape index (κ3) is 2.71. The van der Waals surface area contributed by atoms with E-state index in [1.807, 2.05) is 0 Å². The molecule has 2 aliphatic rings. The lowest BCUT2D eigenvalue weighted by Gasteiger charge is -2.22. The van der Waals surface area contributed by atoms with Crippen LogP contribution in [0.3, 0.4) is 0 Å². The lowest BCUT2D eigenvalue weighted by Crippen LogP contribution is -2.22. The van der Waals surface area contributed by atoms with Gasteiger partial charge in [0.05, 0.1) is 0 Å². The van der Waals surface area contributed by atoms with Crippen LogP contribution in [0, 0.1) is 17.8 Å². The normalized spacial score (nSPS) is 33.2. The first kappa shape index (κ1) is 10.4. The molecule has 0 spiro atoms. The highest BCUT2D eigenvalue weighted by molar-refractivity contribution is 4.92. The van der Waals surface area contributed by atoms with Crippen molar-refractivity contribution in [1.82, 2.24) is 5.32 Å². The van der Waals surface area contributed by atoms with Gasteiger partial charge < -0.3 is 10.1 Å². The Labute approximate surface area is 87.4 Å². The minimum Gasteiger partial charge on any atom is -0.381 e. The van der Waals surface area contributed by atoms with Crippen molar-refractivity contribution < 1.29 is 4.74 Å². The van der Waals surface area contributed by atoms with E-state index in [0.29, 0.717) is 0 Å². The summed E-state index contributed by atoms with van der Waals surface area (Å²) in [5.74, 6) is 3.00. The molecule has 1 N–H and O–H groups in total. The van der Waals surface area contributed by atoms with Gasteiger partial charge in [-0.2, -0.15) is 0 Å². The second kappa shape index (κ2) is 5.13. The van der Waals surface area contributed by atoms with Crippen molar-refractivity contribution in [2.24, 2.45) is 17.8 Å². The van der Waals surface area contributed by atoms with Crippen LogP contribution in [0.25, 0.3) is 0 Å². The smallest absolute Gasteiger partial charge is 0.0468 e. The maximum absolute atomic E-state index is 5.40. The Morgan fingerprint density at radius 1 is 1.29 bits per heavy atom. The van der Waals surface area contributed by atoms with E-state index < -0.39 is 0 Å². The topological polar surface area (TPSA) is 21.3 Å². The summed E-state index contributed by atoms with van der Waals surface area (Å²) in [7, 11) is 0. The van der Waals surface area contributed by atoms with Crippen molar-refractivity contribution in [2.45, 2.75) is 32.6 Å². The van der Waals surface area contributed by atoms with E-state index in [0.717, 1.165) is 31.0 Å². The third-order valence-electron chi connectivity index (χ3n) is 3.68. The van der Waals surface area contributed by atoms with Crippen molar-refractivity contribution in [3.63, 3.8) is 0 Å². The third-order valence-corrected chi connectivity index (χ3v) is 3.68. The fourth-order valence-corrected chi connectivity index (χ4v) is 2.69. The quantitative estimate of drug-likeness (QED) is 0.681. The number of ether oxygens (including phenoxy) is 1. The van der Waals surface area contributed by atoms with Crippen LogP contribution < -0.4 is 5.32 Å². The number of hydrogen-bond acceptors (Lipinski definition) is 2. The molecule has 2 nitrogen and oxygen atoms in total. The largest absolute Gasteiger partial charge is 0.381 e. The van der Waals surface area contributed by atoms with E-state index >= 15 is 0 Å². The summed E-state index contributed by atoms with van der Waals surface area (Å²) in [5.41, 5.74) is 0. The molecule has 1 saturated heterocycles. The van der Waals surface area contributed by atoms with E-state index in [9.17, 15) is 0 Å². The molecule has 0 radical (unpaired) electrons. The molecule has 1 saturated carbocycles.